The number of hydrogen-bond acceptors (Lipinski definition) is 3. The zero-order chi connectivity index (χ0) is 13.4. The highest BCUT2D eigenvalue weighted by atomic mass is 19.3. The number of nitrogens with two attached hydrogens (primary N) is 1. The summed E-state index contributed by atoms with van der Waals surface area (Å²) in [6.07, 6.45) is -2.45. The van der Waals surface area contributed by atoms with Crippen LogP contribution in [0.4, 0.5) is 8.78 Å². The fourth-order valence-corrected chi connectivity index (χ4v) is 1.39. The summed E-state index contributed by atoms with van der Waals surface area (Å²) < 4.78 is 29.8. The Morgan fingerprint density at radius 1 is 1.44 bits per heavy atom. The van der Waals surface area contributed by atoms with Crippen molar-refractivity contribution in [3.63, 3.8) is 0 Å². The van der Waals surface area contributed by atoms with E-state index >= 15 is 0 Å². The van der Waals surface area contributed by atoms with Crippen LogP contribution in [-0.2, 0) is 16.1 Å². The fraction of sp³-hybridized carbons (Fsp3) is 0.417. The Kier molecular flexibility index (Phi) is 6.24. The second-order valence-corrected chi connectivity index (χ2v) is 3.74. The molecule has 0 aliphatic heterocycles. The molecule has 1 amide bonds. The second kappa shape index (κ2) is 7.73. The average Bonchev–Trinajstić information content (AvgIpc) is 2.33. The van der Waals surface area contributed by atoms with Gasteiger partial charge < -0.3 is 15.8 Å². The lowest BCUT2D eigenvalue weighted by Gasteiger charge is -2.07. The van der Waals surface area contributed by atoms with E-state index in [2.05, 4.69) is 5.32 Å². The SMILES string of the molecule is NC(=O)COCCNCc1cccc(C(F)F)c1. The molecule has 0 atom stereocenters. The van der Waals surface area contributed by atoms with Crippen molar-refractivity contribution in [1.82, 2.24) is 5.32 Å². The second-order valence-electron chi connectivity index (χ2n) is 3.74. The number of carbonyl (C=O) groups excluding carboxylic acids is 1. The van der Waals surface area contributed by atoms with Gasteiger partial charge in [-0.2, -0.15) is 0 Å². The van der Waals surface area contributed by atoms with E-state index < -0.39 is 12.3 Å². The first-order valence-electron chi connectivity index (χ1n) is 5.53. The number of benzene rings is 1. The highest BCUT2D eigenvalue weighted by Gasteiger charge is 2.06. The number of carbonyl (C=O) groups is 1. The molecule has 0 spiro atoms. The van der Waals surface area contributed by atoms with Crippen molar-refractivity contribution in [2.45, 2.75) is 13.0 Å². The molecule has 0 aromatic heterocycles. The van der Waals surface area contributed by atoms with E-state index in [1.165, 1.54) is 12.1 Å². The summed E-state index contributed by atoms with van der Waals surface area (Å²) in [5.41, 5.74) is 5.68. The Morgan fingerprint density at radius 2 is 2.22 bits per heavy atom. The van der Waals surface area contributed by atoms with Crippen molar-refractivity contribution in [2.24, 2.45) is 5.73 Å². The monoisotopic (exact) mass is 258 g/mol. The molecule has 0 aliphatic carbocycles. The third-order valence-corrected chi connectivity index (χ3v) is 2.20. The van der Waals surface area contributed by atoms with Crippen LogP contribution in [0.2, 0.25) is 0 Å². The van der Waals surface area contributed by atoms with Gasteiger partial charge in [0.05, 0.1) is 6.61 Å². The molecule has 0 aliphatic rings. The van der Waals surface area contributed by atoms with E-state index in [1.807, 2.05) is 0 Å². The van der Waals surface area contributed by atoms with Crippen LogP contribution in [-0.4, -0.2) is 25.7 Å². The van der Waals surface area contributed by atoms with Crippen LogP contribution in [0.1, 0.15) is 17.6 Å². The maximum Gasteiger partial charge on any atom is 0.263 e. The molecule has 4 nitrogen and oxygen atoms in total. The van der Waals surface area contributed by atoms with E-state index in [1.54, 1.807) is 12.1 Å². The van der Waals surface area contributed by atoms with Gasteiger partial charge in [-0.05, 0) is 11.6 Å². The summed E-state index contributed by atoms with van der Waals surface area (Å²) in [6, 6.07) is 6.22. The van der Waals surface area contributed by atoms with Crippen molar-refractivity contribution in [1.29, 1.82) is 0 Å². The Bertz CT molecular complexity index is 386. The lowest BCUT2D eigenvalue weighted by atomic mass is 10.1. The van der Waals surface area contributed by atoms with Gasteiger partial charge in [0.1, 0.15) is 6.61 Å². The number of ether oxygens (including phenoxy) is 1. The molecule has 0 saturated carbocycles. The van der Waals surface area contributed by atoms with Gasteiger partial charge in [-0.1, -0.05) is 18.2 Å². The quantitative estimate of drug-likeness (QED) is 0.689. The number of halogens is 2. The van der Waals surface area contributed by atoms with E-state index in [4.69, 9.17) is 10.5 Å². The molecule has 0 radical (unpaired) electrons. The van der Waals surface area contributed by atoms with Gasteiger partial charge in [-0.15, -0.1) is 0 Å². The third kappa shape index (κ3) is 5.70. The fourth-order valence-electron chi connectivity index (χ4n) is 1.39. The zero-order valence-corrected chi connectivity index (χ0v) is 9.86. The van der Waals surface area contributed by atoms with Crippen molar-refractivity contribution in [3.05, 3.63) is 35.4 Å². The molecule has 0 saturated heterocycles. The number of amides is 1. The summed E-state index contributed by atoms with van der Waals surface area (Å²) in [7, 11) is 0. The summed E-state index contributed by atoms with van der Waals surface area (Å²) in [4.78, 5) is 10.4. The third-order valence-electron chi connectivity index (χ3n) is 2.20. The van der Waals surface area contributed by atoms with Crippen LogP contribution in [0.3, 0.4) is 0 Å². The molecule has 0 unspecified atom stereocenters. The lowest BCUT2D eigenvalue weighted by Crippen LogP contribution is -2.23. The standard InChI is InChI=1S/C12H16F2N2O2/c13-12(14)10-3-1-2-9(6-10)7-16-4-5-18-8-11(15)17/h1-3,6,12,16H,4-5,7-8H2,(H2,15,17). The number of alkyl halides is 2. The predicted molar refractivity (Wildman–Crippen MR) is 63.1 cm³/mol. The van der Waals surface area contributed by atoms with Crippen molar-refractivity contribution < 1.29 is 18.3 Å². The lowest BCUT2D eigenvalue weighted by molar-refractivity contribution is -0.122. The van der Waals surface area contributed by atoms with Gasteiger partial charge in [0.2, 0.25) is 5.91 Å². The molecule has 0 bridgehead atoms. The van der Waals surface area contributed by atoms with E-state index in [0.717, 1.165) is 5.56 Å². The van der Waals surface area contributed by atoms with Crippen LogP contribution in [0.15, 0.2) is 24.3 Å². The van der Waals surface area contributed by atoms with Gasteiger partial charge in [0.15, 0.2) is 0 Å². The van der Waals surface area contributed by atoms with Gasteiger partial charge in [0.25, 0.3) is 6.43 Å². The van der Waals surface area contributed by atoms with Crippen molar-refractivity contribution in [3.8, 4) is 0 Å². The van der Waals surface area contributed by atoms with Crippen molar-refractivity contribution >= 4 is 5.91 Å². The molecular formula is C12H16F2N2O2. The van der Waals surface area contributed by atoms with Gasteiger partial charge >= 0.3 is 0 Å². The largest absolute Gasteiger partial charge is 0.370 e. The molecule has 1 rings (SSSR count). The summed E-state index contributed by atoms with van der Waals surface area (Å²) >= 11 is 0. The zero-order valence-electron chi connectivity index (χ0n) is 9.86. The molecule has 0 heterocycles. The van der Waals surface area contributed by atoms with E-state index in [-0.39, 0.29) is 12.2 Å². The minimum absolute atomic E-state index is 0.0132. The number of primary amides is 1. The topological polar surface area (TPSA) is 64.4 Å². The number of rotatable bonds is 8. The van der Waals surface area contributed by atoms with Crippen LogP contribution >= 0.6 is 0 Å². The van der Waals surface area contributed by atoms with Crippen LogP contribution in [0, 0.1) is 0 Å². The molecule has 3 N–H and O–H groups in total. The maximum absolute atomic E-state index is 12.4. The highest BCUT2D eigenvalue weighted by molar-refractivity contribution is 5.74. The number of nitrogens with one attached hydrogen (secondary N) is 1. The average molecular weight is 258 g/mol. The predicted octanol–water partition coefficient (Wildman–Crippen LogP) is 1.22. The highest BCUT2D eigenvalue weighted by Crippen LogP contribution is 2.19. The normalized spacial score (nSPS) is 10.8. The van der Waals surface area contributed by atoms with Gasteiger partial charge in [0, 0.05) is 18.7 Å². The Balaban J connectivity index is 2.23. The molecule has 0 fully saturated rings. The molecule has 1 aromatic rings. The minimum Gasteiger partial charge on any atom is -0.370 e. The first-order valence-corrected chi connectivity index (χ1v) is 5.53. The van der Waals surface area contributed by atoms with Crippen molar-refractivity contribution in [2.75, 3.05) is 19.8 Å². The Morgan fingerprint density at radius 3 is 2.89 bits per heavy atom. The first-order chi connectivity index (χ1) is 8.59. The Hall–Kier alpha value is -1.53. The maximum atomic E-state index is 12.4. The molecular weight excluding hydrogens is 242 g/mol. The molecule has 18 heavy (non-hydrogen) atoms. The van der Waals surface area contributed by atoms with E-state index in [9.17, 15) is 13.6 Å². The summed E-state index contributed by atoms with van der Waals surface area (Å²) in [6.45, 7) is 1.23. The van der Waals surface area contributed by atoms with Crippen LogP contribution < -0.4 is 11.1 Å². The number of hydrogen-bond donors (Lipinski definition) is 2. The van der Waals surface area contributed by atoms with Crippen LogP contribution in [0.5, 0.6) is 0 Å². The van der Waals surface area contributed by atoms with Crippen LogP contribution in [0.25, 0.3) is 0 Å². The van der Waals surface area contributed by atoms with Gasteiger partial charge in [-0.3, -0.25) is 4.79 Å². The summed E-state index contributed by atoms with van der Waals surface area (Å²) in [5, 5.41) is 3.02. The van der Waals surface area contributed by atoms with Gasteiger partial charge in [-0.25, -0.2) is 8.78 Å². The molecule has 1 aromatic carbocycles. The molecule has 6 heteroatoms. The van der Waals surface area contributed by atoms with E-state index in [0.29, 0.717) is 19.7 Å². The Labute approximate surface area is 104 Å². The minimum atomic E-state index is -2.45. The molecule has 100 valence electrons. The summed E-state index contributed by atoms with van der Waals surface area (Å²) in [5.74, 6) is -0.514. The smallest absolute Gasteiger partial charge is 0.263 e. The first kappa shape index (κ1) is 14.5.